The van der Waals surface area contributed by atoms with Crippen molar-refractivity contribution < 1.29 is 5.11 Å². The number of nitrogens with zero attached hydrogens (tertiary/aromatic N) is 2. The first-order chi connectivity index (χ1) is 8.28. The Hall–Kier alpha value is -0.650. The lowest BCUT2D eigenvalue weighted by Crippen LogP contribution is -2.46. The van der Waals surface area contributed by atoms with Gasteiger partial charge in [-0.2, -0.15) is 0 Å². The van der Waals surface area contributed by atoms with Gasteiger partial charge in [-0.25, -0.2) is 9.97 Å². The monoisotopic (exact) mass is 253 g/mol. The minimum Gasteiger partial charge on any atom is -0.394 e. The van der Waals surface area contributed by atoms with E-state index < -0.39 is 0 Å². The van der Waals surface area contributed by atoms with Crippen LogP contribution in [0.3, 0.4) is 0 Å². The van der Waals surface area contributed by atoms with Crippen LogP contribution in [0.2, 0.25) is 0 Å². The quantitative estimate of drug-likeness (QED) is 0.778. The molecule has 94 valence electrons. The molecule has 0 amide bonds. The normalized spacial score (nSPS) is 28.5. The highest BCUT2D eigenvalue weighted by Gasteiger charge is 2.38. The van der Waals surface area contributed by atoms with Crippen molar-refractivity contribution in [1.82, 2.24) is 15.3 Å². The lowest BCUT2D eigenvalue weighted by atomic mass is 9.99. The Morgan fingerprint density at radius 1 is 1.53 bits per heavy atom. The van der Waals surface area contributed by atoms with Crippen LogP contribution in [0.25, 0.3) is 0 Å². The van der Waals surface area contributed by atoms with Crippen LogP contribution in [0.5, 0.6) is 0 Å². The summed E-state index contributed by atoms with van der Waals surface area (Å²) < 4.78 is 0. The molecule has 1 aromatic heterocycles. The largest absolute Gasteiger partial charge is 0.394 e. The predicted molar refractivity (Wildman–Crippen MR) is 69.0 cm³/mol. The topological polar surface area (TPSA) is 58.0 Å². The first-order valence-corrected chi connectivity index (χ1v) is 6.95. The number of thioether (sulfide) groups is 1. The van der Waals surface area contributed by atoms with Crippen LogP contribution in [0.4, 0.5) is 0 Å². The van der Waals surface area contributed by atoms with Crippen molar-refractivity contribution in [2.24, 2.45) is 0 Å². The molecule has 1 aliphatic rings. The number of hydrogen-bond acceptors (Lipinski definition) is 5. The number of aliphatic hydroxyl groups is 1. The Labute approximate surface area is 106 Å². The molecular formula is C12H19N3OS. The summed E-state index contributed by atoms with van der Waals surface area (Å²) in [6.07, 6.45) is 6.67. The summed E-state index contributed by atoms with van der Waals surface area (Å²) in [4.78, 5) is 8.46. The van der Waals surface area contributed by atoms with Crippen LogP contribution in [0, 0.1) is 0 Å². The average molecular weight is 253 g/mol. The van der Waals surface area contributed by atoms with Gasteiger partial charge in [0.15, 0.2) is 5.16 Å². The maximum atomic E-state index is 9.53. The highest BCUT2D eigenvalue weighted by Crippen LogP contribution is 2.38. The van der Waals surface area contributed by atoms with E-state index in [-0.39, 0.29) is 12.1 Å². The zero-order valence-corrected chi connectivity index (χ0v) is 10.9. The van der Waals surface area contributed by atoms with Gasteiger partial charge < -0.3 is 10.4 Å². The molecule has 0 radical (unpaired) electrons. The molecule has 0 aromatic carbocycles. The summed E-state index contributed by atoms with van der Waals surface area (Å²) in [5.41, 5.74) is -0.0821. The molecule has 2 N–H and O–H groups in total. The first kappa shape index (κ1) is 12.8. The van der Waals surface area contributed by atoms with Crippen molar-refractivity contribution in [2.45, 2.75) is 42.1 Å². The molecule has 0 bridgehead atoms. The third-order valence-electron chi connectivity index (χ3n) is 3.23. The minimum atomic E-state index is -0.0821. The van der Waals surface area contributed by atoms with Crippen molar-refractivity contribution in [3.05, 3.63) is 18.5 Å². The van der Waals surface area contributed by atoms with Crippen LogP contribution in [0.1, 0.15) is 26.2 Å². The number of nitrogens with one attached hydrogen (secondary N) is 1. The standard InChI is InChI=1S/C12H19N3OS/c1-2-15-12(9-16)5-4-10(8-12)17-11-13-6-3-7-14-11/h3,6-7,10,15-16H,2,4-5,8-9H2,1H3. The van der Waals surface area contributed by atoms with Crippen LogP contribution in [0.15, 0.2) is 23.6 Å². The Kier molecular flexibility index (Phi) is 4.36. The maximum Gasteiger partial charge on any atom is 0.187 e. The molecule has 1 saturated carbocycles. The van der Waals surface area contributed by atoms with E-state index in [0.29, 0.717) is 5.25 Å². The van der Waals surface area contributed by atoms with Crippen LogP contribution in [-0.4, -0.2) is 39.0 Å². The molecule has 1 heterocycles. The number of rotatable bonds is 5. The Morgan fingerprint density at radius 2 is 2.29 bits per heavy atom. The Balaban J connectivity index is 1.93. The lowest BCUT2D eigenvalue weighted by molar-refractivity contribution is 0.167. The SMILES string of the molecule is CCNC1(CO)CCC(Sc2ncccn2)C1. The molecule has 0 saturated heterocycles. The molecule has 2 atom stereocenters. The average Bonchev–Trinajstić information content (AvgIpc) is 2.75. The van der Waals surface area contributed by atoms with E-state index in [2.05, 4.69) is 22.2 Å². The Bertz CT molecular complexity index is 349. The van der Waals surface area contributed by atoms with Crippen molar-refractivity contribution in [2.75, 3.05) is 13.2 Å². The fourth-order valence-electron chi connectivity index (χ4n) is 2.41. The van der Waals surface area contributed by atoms with Gasteiger partial charge in [-0.1, -0.05) is 18.7 Å². The van der Waals surface area contributed by atoms with Gasteiger partial charge in [-0.05, 0) is 31.9 Å². The maximum absolute atomic E-state index is 9.53. The van der Waals surface area contributed by atoms with E-state index in [0.717, 1.165) is 31.0 Å². The highest BCUT2D eigenvalue weighted by molar-refractivity contribution is 7.99. The van der Waals surface area contributed by atoms with Crippen molar-refractivity contribution in [1.29, 1.82) is 0 Å². The summed E-state index contributed by atoms with van der Waals surface area (Å²) in [5.74, 6) is 0. The molecule has 0 spiro atoms. The van der Waals surface area contributed by atoms with Crippen LogP contribution < -0.4 is 5.32 Å². The second-order valence-corrected chi connectivity index (χ2v) is 5.75. The minimum absolute atomic E-state index is 0.0821. The van der Waals surface area contributed by atoms with Gasteiger partial charge in [0.1, 0.15) is 0 Å². The molecule has 1 aliphatic carbocycles. The van der Waals surface area contributed by atoms with Crippen LogP contribution in [-0.2, 0) is 0 Å². The van der Waals surface area contributed by atoms with E-state index in [1.165, 1.54) is 0 Å². The van der Waals surface area contributed by atoms with E-state index >= 15 is 0 Å². The molecule has 1 fully saturated rings. The molecule has 1 aromatic rings. The fourth-order valence-corrected chi connectivity index (χ4v) is 3.59. The van der Waals surface area contributed by atoms with Gasteiger partial charge in [0.2, 0.25) is 0 Å². The van der Waals surface area contributed by atoms with Gasteiger partial charge in [-0.3, -0.25) is 0 Å². The van der Waals surface area contributed by atoms with E-state index in [4.69, 9.17) is 0 Å². The molecule has 5 heteroatoms. The summed E-state index contributed by atoms with van der Waals surface area (Å²) >= 11 is 1.72. The molecular weight excluding hydrogens is 234 g/mol. The third kappa shape index (κ3) is 3.18. The Morgan fingerprint density at radius 3 is 2.94 bits per heavy atom. The van der Waals surface area contributed by atoms with Crippen molar-refractivity contribution in [3.8, 4) is 0 Å². The first-order valence-electron chi connectivity index (χ1n) is 6.07. The predicted octanol–water partition coefficient (Wildman–Crippen LogP) is 1.46. The highest BCUT2D eigenvalue weighted by atomic mass is 32.2. The number of likely N-dealkylation sites (N-methyl/N-ethyl adjacent to an activating group) is 1. The van der Waals surface area contributed by atoms with Gasteiger partial charge in [0.25, 0.3) is 0 Å². The molecule has 0 aliphatic heterocycles. The molecule has 2 unspecified atom stereocenters. The third-order valence-corrected chi connectivity index (χ3v) is 4.39. The zero-order chi connectivity index (χ0) is 12.1. The van der Waals surface area contributed by atoms with E-state index in [1.54, 1.807) is 24.2 Å². The second kappa shape index (κ2) is 5.80. The number of aromatic nitrogens is 2. The summed E-state index contributed by atoms with van der Waals surface area (Å²) in [5, 5.41) is 14.3. The van der Waals surface area contributed by atoms with Crippen molar-refractivity contribution in [3.63, 3.8) is 0 Å². The fraction of sp³-hybridized carbons (Fsp3) is 0.667. The number of aliphatic hydroxyl groups excluding tert-OH is 1. The lowest BCUT2D eigenvalue weighted by Gasteiger charge is -2.27. The smallest absolute Gasteiger partial charge is 0.187 e. The van der Waals surface area contributed by atoms with Crippen molar-refractivity contribution >= 4 is 11.8 Å². The summed E-state index contributed by atoms with van der Waals surface area (Å²) in [7, 11) is 0. The van der Waals surface area contributed by atoms with Gasteiger partial charge in [0.05, 0.1) is 6.61 Å². The van der Waals surface area contributed by atoms with Gasteiger partial charge in [-0.15, -0.1) is 0 Å². The summed E-state index contributed by atoms with van der Waals surface area (Å²) in [6.45, 7) is 3.20. The van der Waals surface area contributed by atoms with Gasteiger partial charge in [0, 0.05) is 23.2 Å². The van der Waals surface area contributed by atoms with E-state index in [1.807, 2.05) is 6.07 Å². The molecule has 17 heavy (non-hydrogen) atoms. The molecule has 4 nitrogen and oxygen atoms in total. The second-order valence-electron chi connectivity index (χ2n) is 4.48. The van der Waals surface area contributed by atoms with Gasteiger partial charge >= 0.3 is 0 Å². The zero-order valence-electron chi connectivity index (χ0n) is 10.1. The number of hydrogen-bond donors (Lipinski definition) is 2. The van der Waals surface area contributed by atoms with E-state index in [9.17, 15) is 5.11 Å². The summed E-state index contributed by atoms with van der Waals surface area (Å²) in [6, 6.07) is 1.83. The molecule has 2 rings (SSSR count). The van der Waals surface area contributed by atoms with Crippen LogP contribution >= 0.6 is 11.8 Å².